The summed E-state index contributed by atoms with van der Waals surface area (Å²) in [6.45, 7) is 2.89. The molecule has 0 bridgehead atoms. The number of nitrogens with zero attached hydrogens (tertiary/aromatic N) is 6. The number of rotatable bonds is 3. The molecule has 0 aromatic carbocycles. The lowest BCUT2D eigenvalue weighted by atomic mass is 10.0. The lowest BCUT2D eigenvalue weighted by molar-refractivity contribution is -0.155. The Balaban J connectivity index is 1.80. The van der Waals surface area contributed by atoms with E-state index < -0.39 is 30.4 Å². The summed E-state index contributed by atoms with van der Waals surface area (Å²) < 4.78 is 43.7. The molecule has 9 nitrogen and oxygen atoms in total. The maximum atomic E-state index is 13.7. The smallest absolute Gasteiger partial charge is 0.389 e. The van der Waals surface area contributed by atoms with E-state index in [4.69, 9.17) is 0 Å². The van der Waals surface area contributed by atoms with Crippen molar-refractivity contribution in [3.63, 3.8) is 0 Å². The van der Waals surface area contributed by atoms with Gasteiger partial charge in [-0.2, -0.15) is 18.3 Å². The zero-order chi connectivity index (χ0) is 19.9. The second-order valence-corrected chi connectivity index (χ2v) is 6.55. The summed E-state index contributed by atoms with van der Waals surface area (Å²) in [5, 5.41) is 23.6. The maximum absolute atomic E-state index is 13.7. The third-order valence-corrected chi connectivity index (χ3v) is 4.78. The molecule has 1 fully saturated rings. The van der Waals surface area contributed by atoms with Crippen molar-refractivity contribution in [2.24, 2.45) is 7.05 Å². The Kier molecular flexibility index (Phi) is 4.84. The van der Waals surface area contributed by atoms with E-state index in [1.807, 2.05) is 5.32 Å². The molecule has 3 atom stereocenters. The topological polar surface area (TPSA) is 101 Å². The van der Waals surface area contributed by atoms with Crippen LogP contribution in [0.5, 0.6) is 0 Å². The van der Waals surface area contributed by atoms with Gasteiger partial charge in [0.05, 0.1) is 30.6 Å². The Morgan fingerprint density at radius 3 is 2.59 bits per heavy atom. The molecule has 0 saturated carbocycles. The van der Waals surface area contributed by atoms with Gasteiger partial charge in [0.1, 0.15) is 0 Å². The fourth-order valence-electron chi connectivity index (χ4n) is 3.33. The average Bonchev–Trinajstić information content (AvgIpc) is 3.26. The van der Waals surface area contributed by atoms with Gasteiger partial charge < -0.3 is 15.3 Å². The quantitative estimate of drug-likeness (QED) is 0.814. The van der Waals surface area contributed by atoms with Crippen molar-refractivity contribution < 1.29 is 23.1 Å². The highest BCUT2D eigenvalue weighted by Gasteiger charge is 2.46. The van der Waals surface area contributed by atoms with Gasteiger partial charge in [0, 0.05) is 31.0 Å². The number of nitrogens with one attached hydrogen (secondary N) is 1. The summed E-state index contributed by atoms with van der Waals surface area (Å²) in [4.78, 5) is 13.6. The number of halogens is 3. The third-order valence-electron chi connectivity index (χ3n) is 4.78. The first-order chi connectivity index (χ1) is 12.6. The first-order valence-corrected chi connectivity index (χ1v) is 8.25. The Morgan fingerprint density at radius 1 is 1.37 bits per heavy atom. The van der Waals surface area contributed by atoms with E-state index in [-0.39, 0.29) is 24.3 Å². The molecule has 0 spiro atoms. The SMILES string of the molecule is Cc1nn(C)c(C)c1C(NC(=O)N1C[C@@H](O)[C@H](n2ccnn2)C1)C(F)(F)F. The van der Waals surface area contributed by atoms with E-state index in [0.717, 1.165) is 4.90 Å². The van der Waals surface area contributed by atoms with E-state index in [0.29, 0.717) is 5.69 Å². The number of aromatic nitrogens is 5. The van der Waals surface area contributed by atoms with E-state index in [1.54, 1.807) is 7.05 Å². The van der Waals surface area contributed by atoms with Crippen molar-refractivity contribution >= 4 is 6.03 Å². The van der Waals surface area contributed by atoms with Crippen LogP contribution in [0.2, 0.25) is 0 Å². The number of urea groups is 1. The lowest BCUT2D eigenvalue weighted by Gasteiger charge is -2.25. The fraction of sp³-hybridized carbons (Fsp3) is 0.600. The van der Waals surface area contributed by atoms with Crippen LogP contribution in [0.25, 0.3) is 0 Å². The molecule has 1 saturated heterocycles. The molecule has 1 aliphatic rings. The summed E-state index contributed by atoms with van der Waals surface area (Å²) in [5.41, 5.74) is 0.433. The molecule has 2 aromatic heterocycles. The van der Waals surface area contributed by atoms with Gasteiger partial charge in [-0.05, 0) is 13.8 Å². The number of aryl methyl sites for hydroxylation is 2. The van der Waals surface area contributed by atoms with E-state index in [9.17, 15) is 23.1 Å². The summed E-state index contributed by atoms with van der Waals surface area (Å²) >= 11 is 0. The minimum atomic E-state index is -4.70. The van der Waals surface area contributed by atoms with Crippen molar-refractivity contribution in [3.05, 3.63) is 29.3 Å². The number of hydrogen-bond acceptors (Lipinski definition) is 5. The van der Waals surface area contributed by atoms with Gasteiger partial charge in [0.2, 0.25) is 0 Å². The summed E-state index contributed by atoms with van der Waals surface area (Å²) in [6.07, 6.45) is -2.71. The number of aliphatic hydroxyl groups excluding tert-OH is 1. The van der Waals surface area contributed by atoms with Crippen LogP contribution < -0.4 is 5.32 Å². The highest BCUT2D eigenvalue weighted by molar-refractivity contribution is 5.75. The van der Waals surface area contributed by atoms with Gasteiger partial charge in [-0.1, -0.05) is 5.21 Å². The Morgan fingerprint density at radius 2 is 2.07 bits per heavy atom. The molecule has 0 aliphatic carbocycles. The van der Waals surface area contributed by atoms with Crippen LogP contribution in [-0.2, 0) is 7.05 Å². The first kappa shape index (κ1) is 19.1. The number of hydrogen-bond donors (Lipinski definition) is 2. The normalized spacial score (nSPS) is 21.5. The number of alkyl halides is 3. The Hall–Kier alpha value is -2.63. The molecule has 2 amide bonds. The van der Waals surface area contributed by atoms with Crippen LogP contribution >= 0.6 is 0 Å². The molecule has 148 valence electrons. The largest absolute Gasteiger partial charge is 0.413 e. The van der Waals surface area contributed by atoms with Gasteiger partial charge >= 0.3 is 12.2 Å². The van der Waals surface area contributed by atoms with Crippen LogP contribution in [0.3, 0.4) is 0 Å². The van der Waals surface area contributed by atoms with Crippen molar-refractivity contribution in [1.29, 1.82) is 0 Å². The number of likely N-dealkylation sites (tertiary alicyclic amines) is 1. The number of carbonyl (C=O) groups is 1. The molecule has 3 rings (SSSR count). The van der Waals surface area contributed by atoms with Gasteiger partial charge in [0.15, 0.2) is 6.04 Å². The first-order valence-electron chi connectivity index (χ1n) is 8.25. The molecule has 2 N–H and O–H groups in total. The van der Waals surface area contributed by atoms with Crippen molar-refractivity contribution in [3.8, 4) is 0 Å². The van der Waals surface area contributed by atoms with Crippen LogP contribution in [0.15, 0.2) is 12.4 Å². The number of aliphatic hydroxyl groups is 1. The average molecular weight is 387 g/mol. The minimum absolute atomic E-state index is 0.0198. The van der Waals surface area contributed by atoms with Crippen LogP contribution in [-0.4, -0.2) is 66.2 Å². The maximum Gasteiger partial charge on any atom is 0.413 e. The standard InChI is InChI=1S/C15H20F3N7O2/c1-8-12(9(2)23(3)21-8)13(15(16,17)18)20-14(27)24-6-10(11(26)7-24)25-5-4-19-22-25/h4-5,10-11,13,26H,6-7H2,1-3H3,(H,20,27)/t10-,11-,13?/m1/s1. The number of β-amino-alcohol motifs (C(OH)–C–C–N with tert-alkyl or cyclic N) is 1. The Bertz CT molecular complexity index is 818. The molecule has 2 aromatic rings. The molecular formula is C15H20F3N7O2. The van der Waals surface area contributed by atoms with Crippen molar-refractivity contribution in [1.82, 2.24) is 35.0 Å². The van der Waals surface area contributed by atoms with Gasteiger partial charge in [-0.3, -0.25) is 4.68 Å². The summed E-state index contributed by atoms with van der Waals surface area (Å²) in [5.74, 6) is 0. The Labute approximate surface area is 152 Å². The molecule has 0 radical (unpaired) electrons. The molecule has 27 heavy (non-hydrogen) atoms. The second kappa shape index (κ2) is 6.83. The monoisotopic (exact) mass is 387 g/mol. The second-order valence-electron chi connectivity index (χ2n) is 6.55. The van der Waals surface area contributed by atoms with Crippen LogP contribution in [0.4, 0.5) is 18.0 Å². The third kappa shape index (κ3) is 3.61. The highest BCUT2D eigenvalue weighted by atomic mass is 19.4. The lowest BCUT2D eigenvalue weighted by Crippen LogP contribution is -2.45. The predicted octanol–water partition coefficient (Wildman–Crippen LogP) is 0.859. The van der Waals surface area contributed by atoms with Gasteiger partial charge in [-0.25, -0.2) is 9.48 Å². The van der Waals surface area contributed by atoms with Gasteiger partial charge in [-0.15, -0.1) is 5.10 Å². The van der Waals surface area contributed by atoms with E-state index in [2.05, 4.69) is 15.4 Å². The van der Waals surface area contributed by atoms with Crippen LogP contribution in [0, 0.1) is 13.8 Å². The fourth-order valence-corrected chi connectivity index (χ4v) is 3.33. The minimum Gasteiger partial charge on any atom is -0.389 e. The number of carbonyl (C=O) groups excluding carboxylic acids is 1. The number of amides is 2. The van der Waals surface area contributed by atoms with Gasteiger partial charge in [0.25, 0.3) is 0 Å². The zero-order valence-electron chi connectivity index (χ0n) is 15.0. The molecule has 1 aliphatic heterocycles. The highest BCUT2D eigenvalue weighted by Crippen LogP contribution is 2.36. The molecule has 12 heteroatoms. The van der Waals surface area contributed by atoms with Crippen molar-refractivity contribution in [2.45, 2.75) is 38.2 Å². The summed E-state index contributed by atoms with van der Waals surface area (Å²) in [7, 11) is 1.54. The molecule has 1 unspecified atom stereocenters. The summed E-state index contributed by atoms with van der Waals surface area (Å²) in [6, 6.07) is -3.67. The molecular weight excluding hydrogens is 367 g/mol. The van der Waals surface area contributed by atoms with E-state index >= 15 is 0 Å². The van der Waals surface area contributed by atoms with Crippen LogP contribution in [0.1, 0.15) is 29.0 Å². The predicted molar refractivity (Wildman–Crippen MR) is 86.6 cm³/mol. The zero-order valence-corrected chi connectivity index (χ0v) is 15.0. The van der Waals surface area contributed by atoms with Crippen molar-refractivity contribution in [2.75, 3.05) is 13.1 Å². The van der Waals surface area contributed by atoms with E-state index in [1.165, 1.54) is 35.6 Å². The molecule has 3 heterocycles.